The molecule has 0 spiro atoms. The summed E-state index contributed by atoms with van der Waals surface area (Å²) >= 11 is 0. The van der Waals surface area contributed by atoms with E-state index in [-0.39, 0.29) is 38.9 Å². The van der Waals surface area contributed by atoms with Crippen LogP contribution in [0.3, 0.4) is 0 Å². The zero-order valence-electron chi connectivity index (χ0n) is 24.9. The Bertz CT molecular complexity index is 1120. The summed E-state index contributed by atoms with van der Waals surface area (Å²) in [6.45, 7) is 10.6. The lowest BCUT2D eigenvalue weighted by Crippen LogP contribution is -2.42. The maximum Gasteiger partial charge on any atom is 0.408 e. The fourth-order valence-corrected chi connectivity index (χ4v) is 3.80. The molecule has 0 aliphatic carbocycles. The van der Waals surface area contributed by atoms with Gasteiger partial charge in [-0.25, -0.2) is 9.59 Å². The van der Waals surface area contributed by atoms with Crippen LogP contribution in [-0.4, -0.2) is 41.2 Å². The predicted molar refractivity (Wildman–Crippen MR) is 153 cm³/mol. The second-order valence-corrected chi connectivity index (χ2v) is 11.8. The van der Waals surface area contributed by atoms with Crippen molar-refractivity contribution in [2.24, 2.45) is 5.92 Å². The van der Waals surface area contributed by atoms with E-state index in [2.05, 4.69) is 5.32 Å². The lowest BCUT2D eigenvalue weighted by atomic mass is 9.94. The molecule has 0 aliphatic rings. The highest BCUT2D eigenvalue weighted by molar-refractivity contribution is 5.81. The van der Waals surface area contributed by atoms with E-state index in [1.165, 1.54) is 0 Å². The highest BCUT2D eigenvalue weighted by atomic mass is 16.6. The van der Waals surface area contributed by atoms with Gasteiger partial charge >= 0.3 is 24.0 Å². The number of alkyl carbamates (subject to hydrolysis) is 1. The van der Waals surface area contributed by atoms with Gasteiger partial charge in [-0.3, -0.25) is 9.59 Å². The maximum absolute atomic E-state index is 13.1. The smallest absolute Gasteiger partial charge is 0.408 e. The van der Waals surface area contributed by atoms with Crippen LogP contribution < -0.4 is 5.32 Å². The zero-order chi connectivity index (χ0) is 30.5. The highest BCUT2D eigenvalue weighted by Gasteiger charge is 2.30. The first kappa shape index (κ1) is 33.3. The summed E-state index contributed by atoms with van der Waals surface area (Å²) in [5.74, 6) is -2.31. The van der Waals surface area contributed by atoms with Gasteiger partial charge in [0.15, 0.2) is 0 Å². The number of rotatable bonds is 13. The number of esters is 3. The van der Waals surface area contributed by atoms with Crippen molar-refractivity contribution in [3.63, 3.8) is 0 Å². The minimum atomic E-state index is -1.09. The summed E-state index contributed by atoms with van der Waals surface area (Å²) in [5.41, 5.74) is 0.179. The first-order valence-corrected chi connectivity index (χ1v) is 13.8. The molecule has 1 amide bonds. The number of ether oxygens (including phenoxy) is 4. The Hall–Kier alpha value is -3.88. The molecule has 0 unspecified atom stereocenters. The van der Waals surface area contributed by atoms with Gasteiger partial charge in [0.25, 0.3) is 0 Å². The molecule has 2 rings (SSSR count). The topological polar surface area (TPSA) is 117 Å². The summed E-state index contributed by atoms with van der Waals surface area (Å²) < 4.78 is 21.8. The summed E-state index contributed by atoms with van der Waals surface area (Å²) in [5, 5.41) is 2.58. The van der Waals surface area contributed by atoms with Gasteiger partial charge in [0.05, 0.1) is 5.92 Å². The fraction of sp³-hybridized carbons (Fsp3) is 0.500. The molecule has 0 heterocycles. The molecular weight excluding hydrogens is 526 g/mol. The number of carbonyl (C=O) groups excluding carboxylic acids is 4. The second kappa shape index (κ2) is 15.8. The van der Waals surface area contributed by atoms with Crippen LogP contribution in [0.15, 0.2) is 60.7 Å². The van der Waals surface area contributed by atoms with Crippen molar-refractivity contribution in [2.45, 2.75) is 97.7 Å². The number of carbonyl (C=O) groups is 4. The molecule has 41 heavy (non-hydrogen) atoms. The molecule has 0 fully saturated rings. The lowest BCUT2D eigenvalue weighted by Gasteiger charge is -2.25. The van der Waals surface area contributed by atoms with Gasteiger partial charge in [-0.1, -0.05) is 60.7 Å². The number of hydrogen-bond acceptors (Lipinski definition) is 8. The Kier molecular flexibility index (Phi) is 12.8. The van der Waals surface area contributed by atoms with Crippen LogP contribution in [0.2, 0.25) is 0 Å². The third kappa shape index (κ3) is 14.4. The number of amides is 1. The van der Waals surface area contributed by atoms with Gasteiger partial charge in [-0.2, -0.15) is 0 Å². The van der Waals surface area contributed by atoms with Gasteiger partial charge in [0, 0.05) is 6.42 Å². The van der Waals surface area contributed by atoms with Crippen LogP contribution in [0.5, 0.6) is 0 Å². The first-order chi connectivity index (χ1) is 19.2. The summed E-state index contributed by atoms with van der Waals surface area (Å²) in [6.07, 6.45) is -0.419. The van der Waals surface area contributed by atoms with Gasteiger partial charge in [-0.05, 0) is 71.9 Å². The zero-order valence-corrected chi connectivity index (χ0v) is 24.9. The molecule has 0 radical (unpaired) electrons. The molecule has 9 nitrogen and oxygen atoms in total. The van der Waals surface area contributed by atoms with Crippen LogP contribution in [0.1, 0.15) is 78.4 Å². The molecule has 0 aromatic heterocycles. The average Bonchev–Trinajstić information content (AvgIpc) is 2.89. The molecule has 1 N–H and O–H groups in total. The predicted octanol–water partition coefficient (Wildman–Crippen LogP) is 5.88. The molecule has 224 valence electrons. The molecule has 2 aromatic carbocycles. The van der Waals surface area contributed by atoms with Crippen molar-refractivity contribution in [2.75, 3.05) is 0 Å². The Morgan fingerprint density at radius 2 is 1.17 bits per heavy atom. The maximum atomic E-state index is 13.1. The van der Waals surface area contributed by atoms with Gasteiger partial charge in [-0.15, -0.1) is 0 Å². The third-order valence-corrected chi connectivity index (χ3v) is 5.67. The summed E-state index contributed by atoms with van der Waals surface area (Å²) in [6, 6.07) is 17.2. The van der Waals surface area contributed by atoms with Crippen molar-refractivity contribution in [3.05, 3.63) is 71.8 Å². The van der Waals surface area contributed by atoms with Crippen LogP contribution >= 0.6 is 0 Å². The standard InChI is InChI=1S/C32H43NO8/c1-31(2,3)40-27(34)20-18-25(28(35)41-32(4,5)6)17-19-26(29(36)38-21-23-13-9-7-10-14-23)33-30(37)39-22-24-15-11-8-12-16-24/h7-16,25-26H,17-22H2,1-6H3,(H,33,37)/t25-,26-/m0/s1. The van der Waals surface area contributed by atoms with E-state index in [9.17, 15) is 19.2 Å². The van der Waals surface area contributed by atoms with E-state index in [1.54, 1.807) is 41.5 Å². The molecule has 0 aliphatic heterocycles. The Morgan fingerprint density at radius 3 is 1.68 bits per heavy atom. The van der Waals surface area contributed by atoms with E-state index < -0.39 is 47.2 Å². The Balaban J connectivity index is 2.11. The molecule has 0 saturated carbocycles. The highest BCUT2D eigenvalue weighted by Crippen LogP contribution is 2.22. The van der Waals surface area contributed by atoms with Crippen molar-refractivity contribution in [1.82, 2.24) is 5.32 Å². The van der Waals surface area contributed by atoms with Crippen molar-refractivity contribution in [1.29, 1.82) is 0 Å². The number of hydrogen-bond donors (Lipinski definition) is 1. The second-order valence-electron chi connectivity index (χ2n) is 11.8. The van der Waals surface area contributed by atoms with Gasteiger partial charge in [0.2, 0.25) is 0 Å². The fourth-order valence-electron chi connectivity index (χ4n) is 3.80. The van der Waals surface area contributed by atoms with Crippen molar-refractivity contribution < 1.29 is 38.1 Å². The molecule has 9 heteroatoms. The Labute approximate surface area is 242 Å². The summed E-state index contributed by atoms with van der Waals surface area (Å²) in [4.78, 5) is 51.1. The molecule has 0 saturated heterocycles. The number of nitrogens with one attached hydrogen (secondary N) is 1. The van der Waals surface area contributed by atoms with Gasteiger partial charge < -0.3 is 24.3 Å². The molecular formula is C32H43NO8. The van der Waals surface area contributed by atoms with Crippen molar-refractivity contribution >= 4 is 24.0 Å². The van der Waals surface area contributed by atoms with Crippen LogP contribution in [0.4, 0.5) is 4.79 Å². The molecule has 2 atom stereocenters. The van der Waals surface area contributed by atoms with Crippen LogP contribution in [0, 0.1) is 5.92 Å². The lowest BCUT2D eigenvalue weighted by molar-refractivity contribution is -0.162. The summed E-state index contributed by atoms with van der Waals surface area (Å²) in [7, 11) is 0. The van der Waals surface area contributed by atoms with Crippen LogP contribution in [0.25, 0.3) is 0 Å². The molecule has 2 aromatic rings. The van der Waals surface area contributed by atoms with E-state index >= 15 is 0 Å². The third-order valence-electron chi connectivity index (χ3n) is 5.67. The SMILES string of the molecule is CC(C)(C)OC(=O)CC[C@H](CC[C@H](NC(=O)OCc1ccccc1)C(=O)OCc1ccccc1)C(=O)OC(C)(C)C. The largest absolute Gasteiger partial charge is 0.460 e. The van der Waals surface area contributed by atoms with Crippen molar-refractivity contribution in [3.8, 4) is 0 Å². The number of benzene rings is 2. The van der Waals surface area contributed by atoms with E-state index in [0.29, 0.717) is 0 Å². The van der Waals surface area contributed by atoms with E-state index in [4.69, 9.17) is 18.9 Å². The van der Waals surface area contributed by atoms with Crippen LogP contribution in [-0.2, 0) is 46.5 Å². The normalized spacial score (nSPS) is 12.9. The average molecular weight is 570 g/mol. The molecule has 0 bridgehead atoms. The Morgan fingerprint density at radius 1 is 0.659 bits per heavy atom. The minimum absolute atomic E-state index is 0.00313. The van der Waals surface area contributed by atoms with E-state index in [0.717, 1.165) is 11.1 Å². The van der Waals surface area contributed by atoms with E-state index in [1.807, 2.05) is 60.7 Å². The van der Waals surface area contributed by atoms with Gasteiger partial charge in [0.1, 0.15) is 30.5 Å². The quantitative estimate of drug-likeness (QED) is 0.235. The first-order valence-electron chi connectivity index (χ1n) is 13.8. The monoisotopic (exact) mass is 569 g/mol. The minimum Gasteiger partial charge on any atom is -0.460 e.